The van der Waals surface area contributed by atoms with Gasteiger partial charge in [-0.2, -0.15) is 0 Å². The van der Waals surface area contributed by atoms with E-state index in [2.05, 4.69) is 4.72 Å². The molecule has 1 unspecified atom stereocenters. The van der Waals surface area contributed by atoms with Crippen LogP contribution in [0.3, 0.4) is 0 Å². The third-order valence-electron chi connectivity index (χ3n) is 3.45. The van der Waals surface area contributed by atoms with E-state index in [9.17, 15) is 8.42 Å². The highest BCUT2D eigenvalue weighted by molar-refractivity contribution is 7.88. The van der Waals surface area contributed by atoms with Crippen molar-refractivity contribution in [2.45, 2.75) is 17.8 Å². The average Bonchev–Trinajstić information content (AvgIpc) is 2.89. The lowest BCUT2D eigenvalue weighted by atomic mass is 10.0. The molecule has 1 fully saturated rings. The number of nitrogens with two attached hydrogens (primary N) is 1. The maximum atomic E-state index is 12.1. The van der Waals surface area contributed by atoms with Crippen LogP contribution in [0.4, 0.5) is 5.69 Å². The van der Waals surface area contributed by atoms with Gasteiger partial charge in [-0.05, 0) is 17.7 Å². The Kier molecular flexibility index (Phi) is 4.64. The van der Waals surface area contributed by atoms with E-state index in [1.807, 2.05) is 0 Å². The molecule has 7 heteroatoms. The minimum absolute atomic E-state index is 0.0755. The van der Waals surface area contributed by atoms with Gasteiger partial charge in [-0.3, -0.25) is 0 Å². The Morgan fingerprint density at radius 1 is 1.40 bits per heavy atom. The maximum absolute atomic E-state index is 12.1. The SMILES string of the molecule is COC1(CNS(=O)(=O)Cc2ccc(N)cc2)CCOC1. The third-order valence-corrected chi connectivity index (χ3v) is 4.75. The standard InChI is InChI=1S/C13H20N2O4S/c1-18-13(6-7-19-10-13)9-15-20(16,17)8-11-2-4-12(14)5-3-11/h2-5,15H,6-10,14H2,1H3. The normalized spacial score (nSPS) is 23.1. The van der Waals surface area contributed by atoms with Crippen LogP contribution >= 0.6 is 0 Å². The second kappa shape index (κ2) is 6.09. The molecular formula is C13H20N2O4S. The minimum atomic E-state index is -3.41. The highest BCUT2D eigenvalue weighted by Crippen LogP contribution is 2.22. The lowest BCUT2D eigenvalue weighted by Gasteiger charge is -2.25. The quantitative estimate of drug-likeness (QED) is 0.746. The van der Waals surface area contributed by atoms with Crippen molar-refractivity contribution in [2.75, 3.05) is 32.6 Å². The monoisotopic (exact) mass is 300 g/mol. The zero-order valence-electron chi connectivity index (χ0n) is 11.5. The van der Waals surface area contributed by atoms with Crippen LogP contribution in [-0.2, 0) is 25.2 Å². The Morgan fingerprint density at radius 3 is 2.65 bits per heavy atom. The van der Waals surface area contributed by atoms with Crippen molar-refractivity contribution in [3.8, 4) is 0 Å². The first-order chi connectivity index (χ1) is 9.45. The Hall–Kier alpha value is -1.15. The summed E-state index contributed by atoms with van der Waals surface area (Å²) in [5.41, 5.74) is 6.33. The van der Waals surface area contributed by atoms with Gasteiger partial charge >= 0.3 is 0 Å². The summed E-state index contributed by atoms with van der Waals surface area (Å²) in [5.74, 6) is -0.0755. The zero-order chi connectivity index (χ0) is 14.6. The van der Waals surface area contributed by atoms with Crippen molar-refractivity contribution < 1.29 is 17.9 Å². The van der Waals surface area contributed by atoms with E-state index >= 15 is 0 Å². The van der Waals surface area contributed by atoms with Gasteiger partial charge < -0.3 is 15.2 Å². The number of hydrogen-bond donors (Lipinski definition) is 2. The Morgan fingerprint density at radius 2 is 2.10 bits per heavy atom. The number of sulfonamides is 1. The fourth-order valence-corrected chi connectivity index (χ4v) is 3.30. The number of ether oxygens (including phenoxy) is 2. The van der Waals surface area contributed by atoms with Gasteiger partial charge in [0.05, 0.1) is 12.4 Å². The van der Waals surface area contributed by atoms with E-state index in [0.29, 0.717) is 30.9 Å². The van der Waals surface area contributed by atoms with Gasteiger partial charge in [0.15, 0.2) is 0 Å². The van der Waals surface area contributed by atoms with E-state index in [4.69, 9.17) is 15.2 Å². The molecule has 3 N–H and O–H groups in total. The van der Waals surface area contributed by atoms with Crippen LogP contribution in [0.5, 0.6) is 0 Å². The lowest BCUT2D eigenvalue weighted by molar-refractivity contribution is -0.0120. The molecule has 0 radical (unpaired) electrons. The fourth-order valence-electron chi connectivity index (χ4n) is 2.09. The molecule has 1 aliphatic rings. The molecule has 0 aliphatic carbocycles. The molecule has 1 heterocycles. The largest absolute Gasteiger partial charge is 0.399 e. The van der Waals surface area contributed by atoms with Crippen molar-refractivity contribution in [3.05, 3.63) is 29.8 Å². The molecule has 1 aromatic rings. The van der Waals surface area contributed by atoms with Gasteiger partial charge in [0.1, 0.15) is 5.60 Å². The second-order valence-electron chi connectivity index (χ2n) is 5.01. The van der Waals surface area contributed by atoms with Crippen LogP contribution in [0.15, 0.2) is 24.3 Å². The Bertz CT molecular complexity index is 536. The van der Waals surface area contributed by atoms with E-state index < -0.39 is 15.6 Å². The highest BCUT2D eigenvalue weighted by atomic mass is 32.2. The predicted octanol–water partition coefficient (Wildman–Crippen LogP) is 0.494. The van der Waals surface area contributed by atoms with Crippen LogP contribution < -0.4 is 10.5 Å². The van der Waals surface area contributed by atoms with Crippen LogP contribution in [0.2, 0.25) is 0 Å². The molecule has 0 amide bonds. The number of rotatable bonds is 6. The number of anilines is 1. The maximum Gasteiger partial charge on any atom is 0.215 e. The van der Waals surface area contributed by atoms with Gasteiger partial charge in [0.25, 0.3) is 0 Å². The fraction of sp³-hybridized carbons (Fsp3) is 0.538. The molecule has 6 nitrogen and oxygen atoms in total. The summed E-state index contributed by atoms with van der Waals surface area (Å²) in [6.45, 7) is 1.22. The Labute approximate surface area is 119 Å². The molecule has 2 rings (SSSR count). The molecular weight excluding hydrogens is 280 g/mol. The van der Waals surface area contributed by atoms with Gasteiger partial charge in [0, 0.05) is 32.4 Å². The van der Waals surface area contributed by atoms with Crippen LogP contribution in [-0.4, -0.2) is 40.9 Å². The summed E-state index contributed by atoms with van der Waals surface area (Å²) >= 11 is 0. The molecule has 0 aromatic heterocycles. The summed E-state index contributed by atoms with van der Waals surface area (Å²) < 4.78 is 37.4. The first-order valence-corrected chi connectivity index (χ1v) is 8.05. The van der Waals surface area contributed by atoms with Crippen molar-refractivity contribution in [3.63, 3.8) is 0 Å². The number of hydrogen-bond acceptors (Lipinski definition) is 5. The first-order valence-electron chi connectivity index (χ1n) is 6.39. The summed E-state index contributed by atoms with van der Waals surface area (Å²) in [5, 5.41) is 0. The number of nitrogen functional groups attached to an aromatic ring is 1. The molecule has 1 saturated heterocycles. The summed E-state index contributed by atoms with van der Waals surface area (Å²) in [4.78, 5) is 0. The predicted molar refractivity (Wildman–Crippen MR) is 76.7 cm³/mol. The number of nitrogens with one attached hydrogen (secondary N) is 1. The Balaban J connectivity index is 1.95. The van der Waals surface area contributed by atoms with Crippen LogP contribution in [0, 0.1) is 0 Å². The van der Waals surface area contributed by atoms with Crippen molar-refractivity contribution in [1.29, 1.82) is 0 Å². The molecule has 1 aromatic carbocycles. The van der Waals surface area contributed by atoms with Gasteiger partial charge in [0.2, 0.25) is 10.0 Å². The van der Waals surface area contributed by atoms with Gasteiger partial charge in [-0.25, -0.2) is 13.1 Å². The van der Waals surface area contributed by atoms with Gasteiger partial charge in [-0.15, -0.1) is 0 Å². The van der Waals surface area contributed by atoms with Crippen molar-refractivity contribution >= 4 is 15.7 Å². The van der Waals surface area contributed by atoms with Crippen molar-refractivity contribution in [2.24, 2.45) is 0 Å². The molecule has 20 heavy (non-hydrogen) atoms. The molecule has 112 valence electrons. The summed E-state index contributed by atoms with van der Waals surface area (Å²) in [6, 6.07) is 6.79. The lowest BCUT2D eigenvalue weighted by Crippen LogP contribution is -2.45. The molecule has 1 aliphatic heterocycles. The van der Waals surface area contributed by atoms with Crippen LogP contribution in [0.25, 0.3) is 0 Å². The van der Waals surface area contributed by atoms with Crippen LogP contribution in [0.1, 0.15) is 12.0 Å². The van der Waals surface area contributed by atoms with E-state index in [1.165, 1.54) is 0 Å². The van der Waals surface area contributed by atoms with Crippen molar-refractivity contribution in [1.82, 2.24) is 4.72 Å². The molecule has 0 saturated carbocycles. The van der Waals surface area contributed by atoms with E-state index in [0.717, 1.165) is 0 Å². The first kappa shape index (κ1) is 15.2. The summed E-state index contributed by atoms with van der Waals surface area (Å²) in [7, 11) is -1.84. The molecule has 0 bridgehead atoms. The summed E-state index contributed by atoms with van der Waals surface area (Å²) in [6.07, 6.45) is 0.688. The van der Waals surface area contributed by atoms with Gasteiger partial charge in [-0.1, -0.05) is 12.1 Å². The number of methoxy groups -OCH3 is 1. The third kappa shape index (κ3) is 3.92. The smallest absolute Gasteiger partial charge is 0.215 e. The second-order valence-corrected chi connectivity index (χ2v) is 6.82. The molecule has 1 atom stereocenters. The topological polar surface area (TPSA) is 90.7 Å². The minimum Gasteiger partial charge on any atom is -0.399 e. The number of benzene rings is 1. The van der Waals surface area contributed by atoms with E-state index in [1.54, 1.807) is 31.4 Å². The molecule has 0 spiro atoms. The zero-order valence-corrected chi connectivity index (χ0v) is 12.3. The highest BCUT2D eigenvalue weighted by Gasteiger charge is 2.35. The van der Waals surface area contributed by atoms with E-state index in [-0.39, 0.29) is 12.3 Å². The average molecular weight is 300 g/mol.